The first-order chi connectivity index (χ1) is 9.47. The molecule has 0 saturated heterocycles. The van der Waals surface area contributed by atoms with E-state index >= 15 is 0 Å². The molecule has 0 amide bonds. The second-order valence-corrected chi connectivity index (χ2v) is 6.14. The summed E-state index contributed by atoms with van der Waals surface area (Å²) < 4.78 is 1.08. The van der Waals surface area contributed by atoms with Crippen LogP contribution in [-0.4, -0.2) is 5.11 Å². The first-order valence-corrected chi connectivity index (χ1v) is 7.57. The molecule has 2 aromatic rings. The Balaban J connectivity index is 2.12. The number of hydrogen-bond acceptors (Lipinski definition) is 2. The van der Waals surface area contributed by atoms with Gasteiger partial charge in [0.05, 0.1) is 0 Å². The zero-order valence-corrected chi connectivity index (χ0v) is 13.6. The average molecular weight is 334 g/mol. The third kappa shape index (κ3) is 3.62. The Kier molecular flexibility index (Phi) is 4.84. The zero-order valence-electron chi connectivity index (χ0n) is 12.0. The molecule has 3 heteroatoms. The van der Waals surface area contributed by atoms with Crippen LogP contribution in [0.15, 0.2) is 46.9 Å². The summed E-state index contributed by atoms with van der Waals surface area (Å²) >= 11 is 3.49. The highest BCUT2D eigenvalue weighted by Crippen LogP contribution is 2.27. The number of nitrogens with one attached hydrogen (secondary N) is 1. The Hall–Kier alpha value is -1.32. The van der Waals surface area contributed by atoms with Gasteiger partial charge in [-0.3, -0.25) is 0 Å². The van der Waals surface area contributed by atoms with E-state index in [4.69, 9.17) is 0 Å². The summed E-state index contributed by atoms with van der Waals surface area (Å²) in [6.07, 6.45) is 0. The van der Waals surface area contributed by atoms with Crippen molar-refractivity contribution in [3.8, 4) is 5.75 Å². The molecule has 0 spiro atoms. The molecule has 20 heavy (non-hydrogen) atoms. The van der Waals surface area contributed by atoms with Gasteiger partial charge in [0.25, 0.3) is 0 Å². The highest BCUT2D eigenvalue weighted by Gasteiger charge is 2.14. The van der Waals surface area contributed by atoms with Gasteiger partial charge in [-0.2, -0.15) is 0 Å². The molecule has 1 unspecified atom stereocenters. The van der Waals surface area contributed by atoms with Crippen LogP contribution < -0.4 is 5.32 Å². The lowest BCUT2D eigenvalue weighted by molar-refractivity contribution is 0.438. The quantitative estimate of drug-likeness (QED) is 0.836. The third-order valence-corrected chi connectivity index (χ3v) is 3.99. The molecule has 0 aliphatic heterocycles. The van der Waals surface area contributed by atoms with E-state index in [2.05, 4.69) is 47.2 Å². The minimum Gasteiger partial charge on any atom is -0.508 e. The minimum absolute atomic E-state index is 0.0876. The molecule has 0 saturated carbocycles. The van der Waals surface area contributed by atoms with Crippen molar-refractivity contribution in [2.75, 3.05) is 0 Å². The van der Waals surface area contributed by atoms with Crippen LogP contribution >= 0.6 is 15.9 Å². The maximum atomic E-state index is 10.0. The summed E-state index contributed by atoms with van der Waals surface area (Å²) in [6, 6.07) is 14.4. The molecule has 0 radical (unpaired) electrons. The lowest BCUT2D eigenvalue weighted by Gasteiger charge is -2.22. The topological polar surface area (TPSA) is 32.3 Å². The van der Waals surface area contributed by atoms with Crippen LogP contribution in [0.5, 0.6) is 5.75 Å². The fourth-order valence-corrected chi connectivity index (χ4v) is 2.77. The van der Waals surface area contributed by atoms with Gasteiger partial charge in [0, 0.05) is 22.1 Å². The molecule has 2 rings (SSSR count). The monoisotopic (exact) mass is 333 g/mol. The molecule has 0 aliphatic rings. The van der Waals surface area contributed by atoms with Gasteiger partial charge in [-0.25, -0.2) is 0 Å². The van der Waals surface area contributed by atoms with Gasteiger partial charge in [0.15, 0.2) is 0 Å². The SMILES string of the molecule is Cc1ccc(C(C)N[C@H](C)c2cccc(Br)c2)c(O)c1. The largest absolute Gasteiger partial charge is 0.508 e. The Bertz CT molecular complexity index is 597. The summed E-state index contributed by atoms with van der Waals surface area (Å²) in [6.45, 7) is 6.17. The maximum Gasteiger partial charge on any atom is 0.120 e. The summed E-state index contributed by atoms with van der Waals surface area (Å²) in [7, 11) is 0. The number of halogens is 1. The van der Waals surface area contributed by atoms with Crippen molar-refractivity contribution in [2.24, 2.45) is 0 Å². The fraction of sp³-hybridized carbons (Fsp3) is 0.294. The van der Waals surface area contributed by atoms with Crippen molar-refractivity contribution >= 4 is 15.9 Å². The Morgan fingerprint density at radius 1 is 1.05 bits per heavy atom. The highest BCUT2D eigenvalue weighted by molar-refractivity contribution is 9.10. The third-order valence-electron chi connectivity index (χ3n) is 3.50. The van der Waals surface area contributed by atoms with Gasteiger partial charge >= 0.3 is 0 Å². The molecule has 0 aliphatic carbocycles. The molecule has 0 bridgehead atoms. The molecular formula is C17H20BrNO. The van der Waals surface area contributed by atoms with Crippen molar-refractivity contribution in [3.63, 3.8) is 0 Å². The second-order valence-electron chi connectivity index (χ2n) is 5.23. The van der Waals surface area contributed by atoms with Crippen LogP contribution in [0, 0.1) is 6.92 Å². The molecule has 2 N–H and O–H groups in total. The molecule has 106 valence electrons. The second kappa shape index (κ2) is 6.42. The molecule has 0 heterocycles. The molecule has 0 fully saturated rings. The predicted molar refractivity (Wildman–Crippen MR) is 87.0 cm³/mol. The zero-order chi connectivity index (χ0) is 14.7. The highest BCUT2D eigenvalue weighted by atomic mass is 79.9. The molecule has 2 atom stereocenters. The van der Waals surface area contributed by atoms with E-state index in [0.29, 0.717) is 5.75 Å². The van der Waals surface area contributed by atoms with Crippen molar-refractivity contribution < 1.29 is 5.11 Å². The summed E-state index contributed by atoms with van der Waals surface area (Å²) in [5.41, 5.74) is 3.22. The van der Waals surface area contributed by atoms with Crippen molar-refractivity contribution in [1.29, 1.82) is 0 Å². The summed E-state index contributed by atoms with van der Waals surface area (Å²) in [5.74, 6) is 0.353. The lowest BCUT2D eigenvalue weighted by atomic mass is 10.0. The van der Waals surface area contributed by atoms with Crippen LogP contribution in [0.1, 0.15) is 42.6 Å². The molecule has 0 aromatic heterocycles. The predicted octanol–water partition coefficient (Wildman–Crippen LogP) is 4.87. The molecule has 2 aromatic carbocycles. The van der Waals surface area contributed by atoms with Crippen LogP contribution in [0.4, 0.5) is 0 Å². The number of aromatic hydroxyl groups is 1. The maximum absolute atomic E-state index is 10.0. The number of benzene rings is 2. The van der Waals surface area contributed by atoms with E-state index in [1.807, 2.05) is 31.2 Å². The van der Waals surface area contributed by atoms with E-state index < -0.39 is 0 Å². The van der Waals surface area contributed by atoms with Gasteiger partial charge < -0.3 is 10.4 Å². The smallest absolute Gasteiger partial charge is 0.120 e. The Morgan fingerprint density at radius 3 is 2.45 bits per heavy atom. The normalized spacial score (nSPS) is 14.0. The van der Waals surface area contributed by atoms with Gasteiger partial charge in [-0.15, -0.1) is 0 Å². The Morgan fingerprint density at radius 2 is 1.80 bits per heavy atom. The van der Waals surface area contributed by atoms with Crippen molar-refractivity contribution in [1.82, 2.24) is 5.32 Å². The molecular weight excluding hydrogens is 314 g/mol. The van der Waals surface area contributed by atoms with Gasteiger partial charge in [0.1, 0.15) is 5.75 Å². The van der Waals surface area contributed by atoms with Crippen molar-refractivity contribution in [3.05, 3.63) is 63.6 Å². The van der Waals surface area contributed by atoms with E-state index in [1.165, 1.54) is 5.56 Å². The first-order valence-electron chi connectivity index (χ1n) is 6.78. The fourth-order valence-electron chi connectivity index (χ4n) is 2.36. The van der Waals surface area contributed by atoms with Crippen LogP contribution in [0.2, 0.25) is 0 Å². The van der Waals surface area contributed by atoms with E-state index in [9.17, 15) is 5.11 Å². The van der Waals surface area contributed by atoms with Gasteiger partial charge in [-0.1, -0.05) is 40.2 Å². The van der Waals surface area contributed by atoms with Crippen molar-refractivity contribution in [2.45, 2.75) is 32.9 Å². The summed E-state index contributed by atoms with van der Waals surface area (Å²) in [5, 5.41) is 13.6. The van der Waals surface area contributed by atoms with E-state index in [0.717, 1.165) is 15.6 Å². The van der Waals surface area contributed by atoms with Gasteiger partial charge in [-0.05, 0) is 50.1 Å². The van der Waals surface area contributed by atoms with E-state index in [1.54, 1.807) is 6.07 Å². The van der Waals surface area contributed by atoms with Crippen LogP contribution in [-0.2, 0) is 0 Å². The van der Waals surface area contributed by atoms with E-state index in [-0.39, 0.29) is 12.1 Å². The number of phenolic OH excluding ortho intramolecular Hbond substituents is 1. The standard InChI is InChI=1S/C17H20BrNO/c1-11-7-8-16(17(20)9-11)13(3)19-12(2)14-5-4-6-15(18)10-14/h4-10,12-13,19-20H,1-3H3/t12-,13?/m1/s1. The minimum atomic E-state index is 0.0876. The first kappa shape index (κ1) is 15.1. The number of aryl methyl sites for hydroxylation is 1. The van der Waals surface area contributed by atoms with Gasteiger partial charge in [0.2, 0.25) is 0 Å². The average Bonchev–Trinajstić information content (AvgIpc) is 2.38. The number of rotatable bonds is 4. The van der Waals surface area contributed by atoms with Crippen LogP contribution in [0.3, 0.4) is 0 Å². The number of phenols is 1. The molecule has 2 nitrogen and oxygen atoms in total. The Labute approximate surface area is 129 Å². The number of hydrogen-bond donors (Lipinski definition) is 2. The lowest BCUT2D eigenvalue weighted by Crippen LogP contribution is -2.22. The summed E-state index contributed by atoms with van der Waals surface area (Å²) in [4.78, 5) is 0. The van der Waals surface area contributed by atoms with Crippen LogP contribution in [0.25, 0.3) is 0 Å².